The SMILES string of the molecule is O=C(CSC1CCCc2ccccc21)NCCOc1ccccc1. The summed E-state index contributed by atoms with van der Waals surface area (Å²) in [4.78, 5) is 12.0. The van der Waals surface area contributed by atoms with Crippen LogP contribution in [0.5, 0.6) is 5.75 Å². The summed E-state index contributed by atoms with van der Waals surface area (Å²) in [5, 5.41) is 3.38. The molecule has 0 radical (unpaired) electrons. The second kappa shape index (κ2) is 8.78. The first-order valence-corrected chi connectivity index (χ1v) is 9.52. The third-order valence-electron chi connectivity index (χ3n) is 4.17. The van der Waals surface area contributed by atoms with Crippen LogP contribution in [0.25, 0.3) is 0 Å². The maximum atomic E-state index is 12.0. The number of hydrogen-bond donors (Lipinski definition) is 1. The van der Waals surface area contributed by atoms with E-state index in [1.165, 1.54) is 17.5 Å². The third kappa shape index (κ3) is 4.78. The average molecular weight is 341 g/mol. The number of carbonyl (C=O) groups is 1. The van der Waals surface area contributed by atoms with Crippen LogP contribution in [0.3, 0.4) is 0 Å². The van der Waals surface area contributed by atoms with Crippen LogP contribution < -0.4 is 10.1 Å². The Morgan fingerprint density at radius 2 is 1.92 bits per heavy atom. The number of rotatable bonds is 7. The van der Waals surface area contributed by atoms with Gasteiger partial charge in [0.25, 0.3) is 0 Å². The summed E-state index contributed by atoms with van der Waals surface area (Å²) in [6.45, 7) is 1.03. The summed E-state index contributed by atoms with van der Waals surface area (Å²) in [7, 11) is 0. The number of thioether (sulfide) groups is 1. The quantitative estimate of drug-likeness (QED) is 0.774. The molecular weight excluding hydrogens is 318 g/mol. The summed E-state index contributed by atoms with van der Waals surface area (Å²) >= 11 is 1.75. The van der Waals surface area contributed by atoms with E-state index >= 15 is 0 Å². The van der Waals surface area contributed by atoms with Gasteiger partial charge in [0, 0.05) is 5.25 Å². The van der Waals surface area contributed by atoms with Gasteiger partial charge >= 0.3 is 0 Å². The molecule has 0 saturated carbocycles. The number of para-hydroxylation sites is 1. The molecule has 1 amide bonds. The van der Waals surface area contributed by atoms with Crippen LogP contribution in [0.1, 0.15) is 29.2 Å². The molecule has 4 heteroatoms. The van der Waals surface area contributed by atoms with Crippen molar-refractivity contribution in [2.75, 3.05) is 18.9 Å². The third-order valence-corrected chi connectivity index (χ3v) is 5.49. The first kappa shape index (κ1) is 16.9. The summed E-state index contributed by atoms with van der Waals surface area (Å²) < 4.78 is 5.58. The van der Waals surface area contributed by atoms with Gasteiger partial charge in [-0.1, -0.05) is 42.5 Å². The van der Waals surface area contributed by atoms with Gasteiger partial charge in [0.05, 0.1) is 12.3 Å². The van der Waals surface area contributed by atoms with Gasteiger partial charge in [-0.05, 0) is 42.5 Å². The van der Waals surface area contributed by atoms with Gasteiger partial charge in [-0.25, -0.2) is 0 Å². The van der Waals surface area contributed by atoms with Crippen molar-refractivity contribution in [2.24, 2.45) is 0 Å². The molecule has 3 rings (SSSR count). The van der Waals surface area contributed by atoms with Crippen molar-refractivity contribution in [3.63, 3.8) is 0 Å². The van der Waals surface area contributed by atoms with E-state index in [-0.39, 0.29) is 5.91 Å². The van der Waals surface area contributed by atoms with Gasteiger partial charge in [-0.3, -0.25) is 4.79 Å². The standard InChI is InChI=1S/C20H23NO2S/c22-20(21-13-14-23-17-9-2-1-3-10-17)15-24-19-12-6-8-16-7-4-5-11-18(16)19/h1-5,7,9-11,19H,6,8,12-15H2,(H,21,22). The number of fused-ring (bicyclic) bond motifs is 1. The molecule has 0 aromatic heterocycles. The summed E-state index contributed by atoms with van der Waals surface area (Å²) in [5.74, 6) is 1.42. The molecule has 0 aliphatic heterocycles. The Hall–Kier alpha value is -1.94. The second-order valence-electron chi connectivity index (χ2n) is 5.90. The van der Waals surface area contributed by atoms with Crippen molar-refractivity contribution < 1.29 is 9.53 Å². The van der Waals surface area contributed by atoms with Crippen LogP contribution >= 0.6 is 11.8 Å². The molecule has 3 nitrogen and oxygen atoms in total. The lowest BCUT2D eigenvalue weighted by Gasteiger charge is -2.24. The fourth-order valence-corrected chi connectivity index (χ4v) is 4.18. The average Bonchev–Trinajstić information content (AvgIpc) is 2.64. The molecule has 2 aromatic rings. The molecule has 2 aromatic carbocycles. The molecule has 1 aliphatic rings. The van der Waals surface area contributed by atoms with E-state index < -0.39 is 0 Å². The predicted molar refractivity (Wildman–Crippen MR) is 99.5 cm³/mol. The second-order valence-corrected chi connectivity index (χ2v) is 7.09. The van der Waals surface area contributed by atoms with Crippen LogP contribution in [-0.2, 0) is 11.2 Å². The molecule has 1 unspecified atom stereocenters. The number of aryl methyl sites for hydroxylation is 1. The van der Waals surface area contributed by atoms with Crippen molar-refractivity contribution in [3.8, 4) is 5.75 Å². The Bertz CT molecular complexity index is 660. The minimum Gasteiger partial charge on any atom is -0.492 e. The fraction of sp³-hybridized carbons (Fsp3) is 0.350. The number of hydrogen-bond acceptors (Lipinski definition) is 3. The smallest absolute Gasteiger partial charge is 0.230 e. The molecule has 1 aliphatic carbocycles. The highest BCUT2D eigenvalue weighted by Gasteiger charge is 2.20. The van der Waals surface area contributed by atoms with Crippen molar-refractivity contribution in [3.05, 3.63) is 65.7 Å². The Labute approximate surface area is 147 Å². The van der Waals surface area contributed by atoms with E-state index in [0.717, 1.165) is 18.6 Å². The number of benzene rings is 2. The van der Waals surface area contributed by atoms with Crippen LogP contribution in [0.4, 0.5) is 0 Å². The van der Waals surface area contributed by atoms with Gasteiger partial charge in [-0.2, -0.15) is 0 Å². The zero-order chi connectivity index (χ0) is 16.6. The first-order valence-electron chi connectivity index (χ1n) is 8.47. The Morgan fingerprint density at radius 1 is 1.12 bits per heavy atom. The van der Waals surface area contributed by atoms with E-state index in [1.54, 1.807) is 11.8 Å². The van der Waals surface area contributed by atoms with Crippen LogP contribution in [0, 0.1) is 0 Å². The highest BCUT2D eigenvalue weighted by atomic mass is 32.2. The number of ether oxygens (including phenoxy) is 1. The molecule has 1 N–H and O–H groups in total. The van der Waals surface area contributed by atoms with Gasteiger partial charge in [-0.15, -0.1) is 11.8 Å². The first-order chi connectivity index (χ1) is 11.8. The highest BCUT2D eigenvalue weighted by Crippen LogP contribution is 2.39. The Morgan fingerprint density at radius 3 is 2.79 bits per heavy atom. The predicted octanol–water partition coefficient (Wildman–Crippen LogP) is 3.99. The van der Waals surface area contributed by atoms with Crippen molar-refractivity contribution in [1.82, 2.24) is 5.32 Å². The van der Waals surface area contributed by atoms with E-state index in [1.807, 2.05) is 30.3 Å². The minimum atomic E-state index is 0.0831. The van der Waals surface area contributed by atoms with E-state index in [4.69, 9.17) is 4.74 Å². The zero-order valence-electron chi connectivity index (χ0n) is 13.7. The number of nitrogens with one attached hydrogen (secondary N) is 1. The van der Waals surface area contributed by atoms with Crippen molar-refractivity contribution in [1.29, 1.82) is 0 Å². The van der Waals surface area contributed by atoms with E-state index in [0.29, 0.717) is 24.2 Å². The Kier molecular flexibility index (Phi) is 6.19. The molecule has 0 heterocycles. The van der Waals surface area contributed by atoms with Crippen molar-refractivity contribution >= 4 is 17.7 Å². The largest absolute Gasteiger partial charge is 0.492 e. The Balaban J connectivity index is 1.37. The van der Waals surface area contributed by atoms with Gasteiger partial charge in [0.2, 0.25) is 5.91 Å². The monoisotopic (exact) mass is 341 g/mol. The zero-order valence-corrected chi connectivity index (χ0v) is 14.6. The molecule has 0 fully saturated rings. The minimum absolute atomic E-state index is 0.0831. The lowest BCUT2D eigenvalue weighted by Crippen LogP contribution is -2.29. The van der Waals surface area contributed by atoms with Crippen molar-refractivity contribution in [2.45, 2.75) is 24.5 Å². The molecule has 1 atom stereocenters. The molecule has 0 bridgehead atoms. The molecule has 24 heavy (non-hydrogen) atoms. The van der Waals surface area contributed by atoms with E-state index in [9.17, 15) is 4.79 Å². The van der Waals surface area contributed by atoms with Gasteiger partial charge in [0.15, 0.2) is 0 Å². The maximum Gasteiger partial charge on any atom is 0.230 e. The summed E-state index contributed by atoms with van der Waals surface area (Å²) in [6.07, 6.45) is 3.53. The summed E-state index contributed by atoms with van der Waals surface area (Å²) in [6, 6.07) is 18.3. The van der Waals surface area contributed by atoms with Crippen LogP contribution in [0.2, 0.25) is 0 Å². The molecule has 0 spiro atoms. The number of amides is 1. The van der Waals surface area contributed by atoms with Gasteiger partial charge < -0.3 is 10.1 Å². The molecule has 126 valence electrons. The summed E-state index contributed by atoms with van der Waals surface area (Å²) in [5.41, 5.74) is 2.85. The van der Waals surface area contributed by atoms with Gasteiger partial charge in [0.1, 0.15) is 12.4 Å². The number of carbonyl (C=O) groups excluding carboxylic acids is 1. The molecule has 0 saturated heterocycles. The lowest BCUT2D eigenvalue weighted by atomic mass is 9.91. The maximum absolute atomic E-state index is 12.0. The molecular formula is C20H23NO2S. The fourth-order valence-electron chi connectivity index (χ4n) is 2.99. The van der Waals surface area contributed by atoms with E-state index in [2.05, 4.69) is 29.6 Å². The highest BCUT2D eigenvalue weighted by molar-refractivity contribution is 8.00. The van der Waals surface area contributed by atoms with Crippen LogP contribution in [0.15, 0.2) is 54.6 Å². The topological polar surface area (TPSA) is 38.3 Å². The van der Waals surface area contributed by atoms with Crippen LogP contribution in [-0.4, -0.2) is 24.8 Å². The lowest BCUT2D eigenvalue weighted by molar-refractivity contribution is -0.118. The normalized spacial score (nSPS) is 16.2.